The van der Waals surface area contributed by atoms with Crippen molar-refractivity contribution < 1.29 is 4.74 Å². The van der Waals surface area contributed by atoms with Crippen LogP contribution in [0.4, 0.5) is 0 Å². The van der Waals surface area contributed by atoms with Gasteiger partial charge in [-0.05, 0) is 48.8 Å². The predicted molar refractivity (Wildman–Crippen MR) is 115 cm³/mol. The molecule has 5 heteroatoms. The Morgan fingerprint density at radius 3 is 2.73 bits per heavy atom. The normalized spacial score (nSPS) is 10.5. The Bertz CT molecular complexity index is 785. The topological polar surface area (TPSA) is 37.9 Å². The second-order valence-corrected chi connectivity index (χ2v) is 7.01. The first kappa shape index (κ1) is 20.4. The smallest absolute Gasteiger partial charge is 0.122 e. The maximum Gasteiger partial charge on any atom is 0.122 e. The summed E-state index contributed by atoms with van der Waals surface area (Å²) < 4.78 is 5.92. The van der Waals surface area contributed by atoms with E-state index in [-0.39, 0.29) is 12.4 Å². The standard InChI is InChI=1S/C21H24N2OS.ClH/c1-2-9-17-10-3-6-13-20(17)24-14-7-8-15-25-16-21-22-18-11-4-5-12-19(18)23-21;/h2-6,10-13H,1,7-9,14-16H2,(H,22,23);1H. The molecule has 0 aliphatic rings. The minimum atomic E-state index is 0. The summed E-state index contributed by atoms with van der Waals surface area (Å²) in [7, 11) is 0. The summed E-state index contributed by atoms with van der Waals surface area (Å²) in [5, 5.41) is 0. The van der Waals surface area contributed by atoms with Crippen LogP contribution in [0.2, 0.25) is 0 Å². The Balaban J connectivity index is 0.00000243. The average Bonchev–Trinajstić information content (AvgIpc) is 3.05. The number of aromatic amines is 1. The molecule has 0 amide bonds. The van der Waals surface area contributed by atoms with Crippen molar-refractivity contribution >= 4 is 35.2 Å². The van der Waals surface area contributed by atoms with Crippen LogP contribution < -0.4 is 4.74 Å². The molecular formula is C21H25ClN2OS. The van der Waals surface area contributed by atoms with E-state index in [1.165, 1.54) is 5.56 Å². The number of thioether (sulfide) groups is 1. The zero-order valence-electron chi connectivity index (χ0n) is 14.8. The maximum absolute atomic E-state index is 5.92. The molecule has 1 N–H and O–H groups in total. The van der Waals surface area contributed by atoms with Gasteiger partial charge in [-0.2, -0.15) is 11.8 Å². The molecule has 26 heavy (non-hydrogen) atoms. The molecule has 0 spiro atoms. The molecule has 1 heterocycles. The second-order valence-electron chi connectivity index (χ2n) is 5.91. The number of para-hydroxylation sites is 3. The van der Waals surface area contributed by atoms with Crippen molar-refractivity contribution in [3.63, 3.8) is 0 Å². The van der Waals surface area contributed by atoms with Crippen molar-refractivity contribution in [2.24, 2.45) is 0 Å². The van der Waals surface area contributed by atoms with E-state index in [0.717, 1.165) is 60.0 Å². The Labute approximate surface area is 165 Å². The summed E-state index contributed by atoms with van der Waals surface area (Å²) in [6, 6.07) is 16.4. The summed E-state index contributed by atoms with van der Waals surface area (Å²) in [6.45, 7) is 4.56. The number of halogens is 1. The van der Waals surface area contributed by atoms with Gasteiger partial charge in [-0.3, -0.25) is 0 Å². The van der Waals surface area contributed by atoms with Gasteiger partial charge in [-0.1, -0.05) is 36.4 Å². The Kier molecular flexibility index (Phi) is 8.59. The predicted octanol–water partition coefficient (Wildman–Crippen LogP) is 5.81. The minimum absolute atomic E-state index is 0. The van der Waals surface area contributed by atoms with Crippen molar-refractivity contribution in [3.8, 4) is 5.75 Å². The molecule has 0 atom stereocenters. The third kappa shape index (κ3) is 5.82. The number of nitrogens with zero attached hydrogens (tertiary/aromatic N) is 1. The number of H-pyrrole nitrogens is 1. The number of benzene rings is 2. The summed E-state index contributed by atoms with van der Waals surface area (Å²) in [4.78, 5) is 7.98. The fourth-order valence-corrected chi connectivity index (χ4v) is 3.58. The molecule has 0 aliphatic carbocycles. The summed E-state index contributed by atoms with van der Waals surface area (Å²) in [5.74, 6) is 4.09. The van der Waals surface area contributed by atoms with Crippen molar-refractivity contribution in [1.82, 2.24) is 9.97 Å². The van der Waals surface area contributed by atoms with Crippen LogP contribution in [0.15, 0.2) is 61.2 Å². The second kappa shape index (κ2) is 10.9. The molecule has 138 valence electrons. The monoisotopic (exact) mass is 388 g/mol. The molecule has 0 radical (unpaired) electrons. The fraction of sp³-hybridized carbons (Fsp3) is 0.286. The van der Waals surface area contributed by atoms with E-state index in [1.807, 2.05) is 54.2 Å². The SMILES string of the molecule is C=CCc1ccccc1OCCCCSCc1nc2ccccc2[nH]1.Cl. The molecule has 2 aromatic carbocycles. The number of allylic oxidation sites excluding steroid dienone is 1. The summed E-state index contributed by atoms with van der Waals surface area (Å²) in [6.07, 6.45) is 4.98. The molecule has 1 aromatic heterocycles. The largest absolute Gasteiger partial charge is 0.493 e. The lowest BCUT2D eigenvalue weighted by Crippen LogP contribution is -2.00. The van der Waals surface area contributed by atoms with Crippen LogP contribution in [0.25, 0.3) is 11.0 Å². The van der Waals surface area contributed by atoms with E-state index >= 15 is 0 Å². The number of fused-ring (bicyclic) bond motifs is 1. The van der Waals surface area contributed by atoms with Gasteiger partial charge in [0, 0.05) is 0 Å². The molecule has 3 rings (SSSR count). The van der Waals surface area contributed by atoms with E-state index in [0.29, 0.717) is 0 Å². The number of hydrogen-bond donors (Lipinski definition) is 1. The zero-order valence-corrected chi connectivity index (χ0v) is 16.5. The maximum atomic E-state index is 5.92. The van der Waals surface area contributed by atoms with Crippen LogP contribution in [0.3, 0.4) is 0 Å². The first-order valence-electron chi connectivity index (χ1n) is 8.70. The van der Waals surface area contributed by atoms with Crippen LogP contribution in [-0.4, -0.2) is 22.3 Å². The lowest BCUT2D eigenvalue weighted by molar-refractivity contribution is 0.307. The van der Waals surface area contributed by atoms with Crippen molar-refractivity contribution in [3.05, 3.63) is 72.6 Å². The Hall–Kier alpha value is -1.91. The number of ether oxygens (including phenoxy) is 1. The number of unbranched alkanes of at least 4 members (excludes halogenated alkanes) is 1. The van der Waals surface area contributed by atoms with Crippen LogP contribution in [-0.2, 0) is 12.2 Å². The first-order valence-corrected chi connectivity index (χ1v) is 9.85. The van der Waals surface area contributed by atoms with Gasteiger partial charge < -0.3 is 9.72 Å². The molecule has 0 fully saturated rings. The summed E-state index contributed by atoms with van der Waals surface area (Å²) >= 11 is 1.92. The van der Waals surface area contributed by atoms with Crippen LogP contribution in [0.1, 0.15) is 24.2 Å². The molecule has 0 aliphatic heterocycles. The number of hydrogen-bond acceptors (Lipinski definition) is 3. The van der Waals surface area contributed by atoms with Gasteiger partial charge >= 0.3 is 0 Å². The fourth-order valence-electron chi connectivity index (χ4n) is 2.70. The molecule has 0 bridgehead atoms. The molecule has 0 unspecified atom stereocenters. The number of nitrogens with one attached hydrogen (secondary N) is 1. The van der Waals surface area contributed by atoms with E-state index in [1.54, 1.807) is 0 Å². The van der Waals surface area contributed by atoms with Gasteiger partial charge in [0.05, 0.1) is 23.4 Å². The van der Waals surface area contributed by atoms with E-state index in [2.05, 4.69) is 28.7 Å². The lowest BCUT2D eigenvalue weighted by atomic mass is 10.1. The molecule has 0 saturated carbocycles. The zero-order chi connectivity index (χ0) is 17.3. The van der Waals surface area contributed by atoms with Crippen LogP contribution in [0.5, 0.6) is 5.75 Å². The van der Waals surface area contributed by atoms with Gasteiger partial charge in [-0.15, -0.1) is 19.0 Å². The molecular weight excluding hydrogens is 364 g/mol. The third-order valence-electron chi connectivity index (χ3n) is 3.95. The van der Waals surface area contributed by atoms with Gasteiger partial charge in [0.25, 0.3) is 0 Å². The quantitative estimate of drug-likeness (QED) is 0.352. The highest BCUT2D eigenvalue weighted by Crippen LogP contribution is 2.20. The van der Waals surface area contributed by atoms with Gasteiger partial charge in [0.15, 0.2) is 0 Å². The summed E-state index contributed by atoms with van der Waals surface area (Å²) in [5.41, 5.74) is 3.37. The number of imidazole rings is 1. The first-order chi connectivity index (χ1) is 12.4. The third-order valence-corrected chi connectivity index (χ3v) is 5.01. The highest BCUT2D eigenvalue weighted by Gasteiger charge is 2.03. The number of aromatic nitrogens is 2. The lowest BCUT2D eigenvalue weighted by Gasteiger charge is -2.10. The Morgan fingerprint density at radius 2 is 1.88 bits per heavy atom. The van der Waals surface area contributed by atoms with Crippen LogP contribution >= 0.6 is 24.2 Å². The van der Waals surface area contributed by atoms with Crippen molar-refractivity contribution in [2.75, 3.05) is 12.4 Å². The van der Waals surface area contributed by atoms with Gasteiger partial charge in [-0.25, -0.2) is 4.98 Å². The van der Waals surface area contributed by atoms with Crippen molar-refractivity contribution in [2.45, 2.75) is 25.0 Å². The van der Waals surface area contributed by atoms with Crippen LogP contribution in [0, 0.1) is 0 Å². The molecule has 3 aromatic rings. The van der Waals surface area contributed by atoms with E-state index in [4.69, 9.17) is 4.74 Å². The van der Waals surface area contributed by atoms with E-state index < -0.39 is 0 Å². The molecule has 3 nitrogen and oxygen atoms in total. The number of rotatable bonds is 10. The average molecular weight is 389 g/mol. The van der Waals surface area contributed by atoms with Gasteiger partial charge in [0.1, 0.15) is 11.6 Å². The van der Waals surface area contributed by atoms with E-state index in [9.17, 15) is 0 Å². The van der Waals surface area contributed by atoms with Gasteiger partial charge in [0.2, 0.25) is 0 Å². The molecule has 0 saturated heterocycles. The minimum Gasteiger partial charge on any atom is -0.493 e. The van der Waals surface area contributed by atoms with Crippen molar-refractivity contribution in [1.29, 1.82) is 0 Å². The Morgan fingerprint density at radius 1 is 1.08 bits per heavy atom. The highest BCUT2D eigenvalue weighted by molar-refractivity contribution is 7.98. The highest BCUT2D eigenvalue weighted by atomic mass is 35.5.